The molecule has 1 saturated heterocycles. The van der Waals surface area contributed by atoms with Gasteiger partial charge in [0.1, 0.15) is 17.8 Å². The summed E-state index contributed by atoms with van der Waals surface area (Å²) in [5, 5.41) is 18.3. The van der Waals surface area contributed by atoms with Gasteiger partial charge in [-0.2, -0.15) is 0 Å². The first-order valence-electron chi connectivity index (χ1n) is 8.40. The number of hydrogen-bond donors (Lipinski definition) is 2. The summed E-state index contributed by atoms with van der Waals surface area (Å²) in [5.41, 5.74) is 1.17. The van der Waals surface area contributed by atoms with Crippen LogP contribution in [0.3, 0.4) is 0 Å². The zero-order valence-electron chi connectivity index (χ0n) is 14.2. The van der Waals surface area contributed by atoms with Crippen molar-refractivity contribution in [3.05, 3.63) is 28.6 Å². The van der Waals surface area contributed by atoms with Gasteiger partial charge in [-0.25, -0.2) is 9.97 Å². The van der Waals surface area contributed by atoms with Crippen LogP contribution in [0, 0.1) is 10.1 Å². The van der Waals surface area contributed by atoms with Crippen molar-refractivity contribution in [2.75, 3.05) is 56.6 Å². The minimum atomic E-state index is -0.387. The van der Waals surface area contributed by atoms with Gasteiger partial charge in [0.05, 0.1) is 23.7 Å². The van der Waals surface area contributed by atoms with Crippen molar-refractivity contribution in [3.63, 3.8) is 0 Å². The Kier molecular flexibility index (Phi) is 5.56. The molecule has 25 heavy (non-hydrogen) atoms. The van der Waals surface area contributed by atoms with Gasteiger partial charge in [-0.15, -0.1) is 0 Å². The highest BCUT2D eigenvalue weighted by atomic mass is 16.6. The van der Waals surface area contributed by atoms with Crippen LogP contribution in [0.5, 0.6) is 0 Å². The molecule has 3 rings (SSSR count). The average Bonchev–Trinajstić information content (AvgIpc) is 2.62. The lowest BCUT2D eigenvalue weighted by molar-refractivity contribution is -0.383. The van der Waals surface area contributed by atoms with Gasteiger partial charge < -0.3 is 15.4 Å². The molecule has 134 valence electrons. The number of nitrogens with one attached hydrogen (secondary N) is 2. The first kappa shape index (κ1) is 17.3. The maximum atomic E-state index is 11.4. The Morgan fingerprint density at radius 1 is 1.28 bits per heavy atom. The van der Waals surface area contributed by atoms with Gasteiger partial charge in [-0.1, -0.05) is 0 Å². The maximum Gasteiger partial charge on any atom is 0.293 e. The van der Waals surface area contributed by atoms with Gasteiger partial charge >= 0.3 is 0 Å². The highest BCUT2D eigenvalue weighted by molar-refractivity contribution is 5.94. The van der Waals surface area contributed by atoms with E-state index < -0.39 is 0 Å². The molecule has 2 aromatic rings. The summed E-state index contributed by atoms with van der Waals surface area (Å²) in [7, 11) is 0. The molecule has 0 saturated carbocycles. The highest BCUT2D eigenvalue weighted by Crippen LogP contribution is 2.31. The third-order valence-electron chi connectivity index (χ3n) is 4.14. The number of nitrogens with zero attached hydrogens (tertiary/aromatic N) is 4. The summed E-state index contributed by atoms with van der Waals surface area (Å²) in [4.78, 5) is 21.8. The van der Waals surface area contributed by atoms with Crippen LogP contribution >= 0.6 is 0 Å². The monoisotopic (exact) mass is 346 g/mol. The third-order valence-corrected chi connectivity index (χ3v) is 4.14. The standard InChI is InChI=1S/C16H22N6O3/c1-2-17-14-10-13-12(9-15(14)22(23)24)16(20-11-19-13)18-3-4-21-5-7-25-8-6-21/h9-11,17H,2-8H2,1H3,(H,18,19,20). The molecule has 0 radical (unpaired) electrons. The normalized spacial score (nSPS) is 15.2. The van der Waals surface area contributed by atoms with Crippen molar-refractivity contribution in [1.82, 2.24) is 14.9 Å². The SMILES string of the molecule is CCNc1cc2ncnc(NCCN3CCOCC3)c2cc1[N+](=O)[O-]. The van der Waals surface area contributed by atoms with Gasteiger partial charge in [-0.05, 0) is 13.0 Å². The van der Waals surface area contributed by atoms with E-state index in [2.05, 4.69) is 25.5 Å². The zero-order chi connectivity index (χ0) is 17.6. The molecule has 1 aliphatic rings. The van der Waals surface area contributed by atoms with Gasteiger partial charge in [0.25, 0.3) is 5.69 Å². The summed E-state index contributed by atoms with van der Waals surface area (Å²) in [6.07, 6.45) is 1.47. The number of morpholine rings is 1. The van der Waals surface area contributed by atoms with Crippen LogP contribution in [0.25, 0.3) is 10.9 Å². The average molecular weight is 346 g/mol. The van der Waals surface area contributed by atoms with E-state index in [1.165, 1.54) is 12.4 Å². The van der Waals surface area contributed by atoms with Crippen molar-refractivity contribution in [1.29, 1.82) is 0 Å². The predicted octanol–water partition coefficient (Wildman–Crippen LogP) is 1.71. The Balaban J connectivity index is 1.80. The summed E-state index contributed by atoms with van der Waals surface area (Å²) < 4.78 is 5.34. The molecule has 1 fully saturated rings. The fourth-order valence-corrected chi connectivity index (χ4v) is 2.87. The third kappa shape index (κ3) is 4.12. The molecule has 1 aromatic heterocycles. The summed E-state index contributed by atoms with van der Waals surface area (Å²) in [6.45, 7) is 7.43. The Morgan fingerprint density at radius 2 is 2.08 bits per heavy atom. The van der Waals surface area contributed by atoms with E-state index >= 15 is 0 Å². The smallest absolute Gasteiger partial charge is 0.293 e. The van der Waals surface area contributed by atoms with Gasteiger partial charge in [0, 0.05) is 44.2 Å². The van der Waals surface area contributed by atoms with Crippen molar-refractivity contribution in [2.45, 2.75) is 6.92 Å². The van der Waals surface area contributed by atoms with Crippen molar-refractivity contribution in [2.24, 2.45) is 0 Å². The number of rotatable bonds is 7. The molecule has 1 aromatic carbocycles. The van der Waals surface area contributed by atoms with E-state index in [-0.39, 0.29) is 10.6 Å². The number of aromatic nitrogens is 2. The van der Waals surface area contributed by atoms with Gasteiger partial charge in [0.15, 0.2) is 0 Å². The Hall–Kier alpha value is -2.52. The molecule has 0 unspecified atom stereocenters. The van der Waals surface area contributed by atoms with Crippen LogP contribution in [0.4, 0.5) is 17.2 Å². The molecular formula is C16H22N6O3. The van der Waals surface area contributed by atoms with Crippen LogP contribution in [0.1, 0.15) is 6.92 Å². The summed E-state index contributed by atoms with van der Waals surface area (Å²) in [5.74, 6) is 0.615. The molecule has 1 aliphatic heterocycles. The predicted molar refractivity (Wildman–Crippen MR) is 96.1 cm³/mol. The van der Waals surface area contributed by atoms with Crippen LogP contribution in [0.15, 0.2) is 18.5 Å². The number of nitro benzene ring substituents is 1. The summed E-state index contributed by atoms with van der Waals surface area (Å²) in [6, 6.07) is 3.23. The number of nitro groups is 1. The fourth-order valence-electron chi connectivity index (χ4n) is 2.87. The highest BCUT2D eigenvalue weighted by Gasteiger charge is 2.17. The molecule has 0 aliphatic carbocycles. The number of ether oxygens (including phenoxy) is 1. The lowest BCUT2D eigenvalue weighted by Gasteiger charge is -2.26. The first-order valence-corrected chi connectivity index (χ1v) is 8.40. The Morgan fingerprint density at radius 3 is 2.80 bits per heavy atom. The van der Waals surface area contributed by atoms with Crippen molar-refractivity contribution in [3.8, 4) is 0 Å². The maximum absolute atomic E-state index is 11.4. The quantitative estimate of drug-likeness (QED) is 0.577. The van der Waals surface area contributed by atoms with E-state index in [0.717, 1.165) is 32.8 Å². The van der Waals surface area contributed by atoms with E-state index in [1.807, 2.05) is 6.92 Å². The molecule has 0 atom stereocenters. The van der Waals surface area contributed by atoms with Gasteiger partial charge in [0.2, 0.25) is 0 Å². The molecular weight excluding hydrogens is 324 g/mol. The number of hydrogen-bond acceptors (Lipinski definition) is 8. The molecule has 0 bridgehead atoms. The second kappa shape index (κ2) is 8.04. The topological polar surface area (TPSA) is 105 Å². The van der Waals surface area contributed by atoms with Crippen LogP contribution in [-0.4, -0.2) is 65.7 Å². The molecule has 2 heterocycles. The second-order valence-corrected chi connectivity index (χ2v) is 5.78. The number of benzene rings is 1. The lowest BCUT2D eigenvalue weighted by Crippen LogP contribution is -2.39. The summed E-state index contributed by atoms with van der Waals surface area (Å²) >= 11 is 0. The molecule has 2 N–H and O–H groups in total. The number of fused-ring (bicyclic) bond motifs is 1. The van der Waals surface area contributed by atoms with Gasteiger partial charge in [-0.3, -0.25) is 15.0 Å². The molecule has 0 spiro atoms. The molecule has 9 heteroatoms. The van der Waals surface area contributed by atoms with Crippen molar-refractivity contribution >= 4 is 28.1 Å². The van der Waals surface area contributed by atoms with Crippen LogP contribution in [-0.2, 0) is 4.74 Å². The van der Waals surface area contributed by atoms with E-state index in [9.17, 15) is 10.1 Å². The molecule has 9 nitrogen and oxygen atoms in total. The largest absolute Gasteiger partial charge is 0.380 e. The van der Waals surface area contributed by atoms with Crippen LogP contribution in [0.2, 0.25) is 0 Å². The second-order valence-electron chi connectivity index (χ2n) is 5.78. The lowest BCUT2D eigenvalue weighted by atomic mass is 10.1. The fraction of sp³-hybridized carbons (Fsp3) is 0.500. The molecule has 0 amide bonds. The first-order chi connectivity index (χ1) is 12.2. The number of anilines is 2. The van der Waals surface area contributed by atoms with E-state index in [1.54, 1.807) is 6.07 Å². The minimum absolute atomic E-state index is 0.0281. The van der Waals surface area contributed by atoms with E-state index in [0.29, 0.717) is 35.5 Å². The Bertz CT molecular complexity index is 748. The minimum Gasteiger partial charge on any atom is -0.380 e. The van der Waals surface area contributed by atoms with Crippen LogP contribution < -0.4 is 10.6 Å². The zero-order valence-corrected chi connectivity index (χ0v) is 14.2. The van der Waals surface area contributed by atoms with E-state index in [4.69, 9.17) is 4.74 Å². The van der Waals surface area contributed by atoms with Crippen molar-refractivity contribution < 1.29 is 9.66 Å². The Labute approximate surface area is 145 Å².